The van der Waals surface area contributed by atoms with Crippen LogP contribution in [0.3, 0.4) is 0 Å². The molecule has 0 saturated carbocycles. The molecule has 0 aliphatic carbocycles. The summed E-state index contributed by atoms with van der Waals surface area (Å²) in [6, 6.07) is 10.9. The van der Waals surface area contributed by atoms with Gasteiger partial charge >= 0.3 is 11.7 Å². The minimum atomic E-state index is -4.60. The molecule has 1 atom stereocenters. The van der Waals surface area contributed by atoms with E-state index in [-0.39, 0.29) is 23.3 Å². The van der Waals surface area contributed by atoms with E-state index in [1.807, 2.05) is 6.07 Å². The van der Waals surface area contributed by atoms with E-state index in [0.29, 0.717) is 0 Å². The van der Waals surface area contributed by atoms with Crippen molar-refractivity contribution < 1.29 is 22.8 Å². The molecule has 0 aliphatic rings. The fourth-order valence-corrected chi connectivity index (χ4v) is 2.87. The number of hydrogen-bond acceptors (Lipinski definition) is 3. The van der Waals surface area contributed by atoms with Crippen LogP contribution >= 0.6 is 0 Å². The lowest BCUT2D eigenvalue weighted by atomic mass is 10.0. The smallest absolute Gasteiger partial charge is 0.416 e. The van der Waals surface area contributed by atoms with Crippen molar-refractivity contribution in [1.82, 2.24) is 4.40 Å². The quantitative estimate of drug-likeness (QED) is 0.663. The van der Waals surface area contributed by atoms with E-state index in [1.165, 1.54) is 21.2 Å². The number of hydrogen-bond donors (Lipinski definition) is 0. The van der Waals surface area contributed by atoms with Crippen molar-refractivity contribution in [3.05, 3.63) is 64.6 Å². The van der Waals surface area contributed by atoms with Gasteiger partial charge in [0.2, 0.25) is 0 Å². The second kappa shape index (κ2) is 6.76. The van der Waals surface area contributed by atoms with Crippen molar-refractivity contribution in [3.8, 4) is 23.1 Å². The molecule has 3 rings (SSSR count). The number of fused-ring (bicyclic) bond motifs is 1. The number of benzene rings is 1. The molecule has 0 fully saturated rings. The highest BCUT2D eigenvalue weighted by Gasteiger charge is 2.31. The van der Waals surface area contributed by atoms with Crippen molar-refractivity contribution in [2.24, 2.45) is 5.92 Å². The summed E-state index contributed by atoms with van der Waals surface area (Å²) < 4.78 is 41.5. The molecule has 8 heteroatoms. The second-order valence-corrected chi connectivity index (χ2v) is 6.13. The fourth-order valence-electron chi connectivity index (χ4n) is 2.87. The Bertz CT molecular complexity index is 1110. The Morgan fingerprint density at radius 2 is 2.00 bits per heavy atom. The zero-order valence-corrected chi connectivity index (χ0v) is 14.2. The number of nitriles is 1. The van der Waals surface area contributed by atoms with E-state index in [0.717, 1.165) is 18.2 Å². The first-order valence-corrected chi connectivity index (χ1v) is 8.05. The summed E-state index contributed by atoms with van der Waals surface area (Å²) in [5.74, 6) is -1.26. The predicted molar refractivity (Wildman–Crippen MR) is 88.5 cm³/mol. The highest BCUT2D eigenvalue weighted by molar-refractivity contribution is 5.67. The first-order chi connectivity index (χ1) is 12.7. The molecule has 1 unspecified atom stereocenters. The van der Waals surface area contributed by atoms with E-state index in [1.54, 1.807) is 25.1 Å². The Hall–Kier alpha value is -3.34. The van der Waals surface area contributed by atoms with Crippen molar-refractivity contribution in [2.75, 3.05) is 0 Å². The number of halogens is 3. The minimum Gasteiger partial charge on any atom is -0.842 e. The van der Waals surface area contributed by atoms with E-state index < -0.39 is 29.1 Å². The van der Waals surface area contributed by atoms with Gasteiger partial charge in [0, 0.05) is 6.07 Å². The van der Waals surface area contributed by atoms with E-state index in [2.05, 4.69) is 0 Å². The number of alkyl halides is 3. The number of aromatic nitrogens is 2. The van der Waals surface area contributed by atoms with Crippen molar-refractivity contribution in [2.45, 2.75) is 19.6 Å². The lowest BCUT2D eigenvalue weighted by Gasteiger charge is -2.18. The summed E-state index contributed by atoms with van der Waals surface area (Å²) in [6.45, 7) is 1.62. The molecule has 0 N–H and O–H groups in total. The Balaban J connectivity index is 2.35. The van der Waals surface area contributed by atoms with Gasteiger partial charge in [-0.15, -0.1) is 0 Å². The Morgan fingerprint density at radius 3 is 2.67 bits per heavy atom. The van der Waals surface area contributed by atoms with Gasteiger partial charge in [-0.05, 0) is 30.7 Å². The lowest BCUT2D eigenvalue weighted by Crippen LogP contribution is -2.45. The lowest BCUT2D eigenvalue weighted by molar-refractivity contribution is -0.719. The summed E-state index contributed by atoms with van der Waals surface area (Å²) in [5, 5.41) is 22.0. The Kier molecular flexibility index (Phi) is 4.62. The number of rotatable bonds is 3. The average molecular weight is 373 g/mol. The second-order valence-electron chi connectivity index (χ2n) is 6.13. The summed E-state index contributed by atoms with van der Waals surface area (Å²) in [6.07, 6.45) is -3.17. The van der Waals surface area contributed by atoms with E-state index in [9.17, 15) is 23.1 Å². The van der Waals surface area contributed by atoms with Crippen molar-refractivity contribution >= 4 is 5.65 Å². The summed E-state index contributed by atoms with van der Waals surface area (Å²) in [7, 11) is 0. The van der Waals surface area contributed by atoms with Crippen LogP contribution in [0.2, 0.25) is 0 Å². The summed E-state index contributed by atoms with van der Waals surface area (Å²) >= 11 is 0. The van der Waals surface area contributed by atoms with Gasteiger partial charge in [-0.1, -0.05) is 18.2 Å². The molecule has 2 heterocycles. The maximum absolute atomic E-state index is 13.0. The van der Waals surface area contributed by atoms with E-state index >= 15 is 0 Å². The maximum Gasteiger partial charge on any atom is 0.416 e. The average Bonchev–Trinajstić information content (AvgIpc) is 2.64. The zero-order chi connectivity index (χ0) is 19.8. The fraction of sp³-hybridized carbons (Fsp3) is 0.211. The molecule has 138 valence electrons. The topological polar surface area (TPSA) is 72.2 Å². The highest BCUT2D eigenvalue weighted by atomic mass is 19.4. The molecule has 0 bridgehead atoms. The molecule has 0 saturated heterocycles. The van der Waals surface area contributed by atoms with Gasteiger partial charge in [0.05, 0.1) is 29.6 Å². The van der Waals surface area contributed by atoms with Crippen LogP contribution in [0.4, 0.5) is 13.2 Å². The van der Waals surface area contributed by atoms with Crippen LogP contribution in [0.1, 0.15) is 12.5 Å². The van der Waals surface area contributed by atoms with Gasteiger partial charge in [0.1, 0.15) is 12.1 Å². The molecule has 0 spiro atoms. The molecule has 5 nitrogen and oxygen atoms in total. The molecule has 27 heavy (non-hydrogen) atoms. The standard InChI is InChI=1S/C19H14F3N3O2/c1-12(10-23)11-25-15-7-2-3-8-24(15)17(26)16(18(25)27)13-5-4-6-14(9-13)19(20,21)22/h2-9,12H,11H2,1H3. The molecular weight excluding hydrogens is 359 g/mol. The van der Waals surface area contributed by atoms with Crippen LogP contribution in [0.25, 0.3) is 16.8 Å². The van der Waals surface area contributed by atoms with Crippen LogP contribution in [0.15, 0.2) is 53.5 Å². The third-order valence-corrected chi connectivity index (χ3v) is 4.16. The molecule has 3 aromatic rings. The van der Waals surface area contributed by atoms with Gasteiger partial charge < -0.3 is 5.11 Å². The van der Waals surface area contributed by atoms with Crippen molar-refractivity contribution in [3.63, 3.8) is 0 Å². The Morgan fingerprint density at radius 1 is 1.26 bits per heavy atom. The van der Waals surface area contributed by atoms with Crippen LogP contribution in [-0.4, -0.2) is 4.40 Å². The van der Waals surface area contributed by atoms with Gasteiger partial charge in [-0.2, -0.15) is 22.8 Å². The predicted octanol–water partition coefficient (Wildman–Crippen LogP) is 2.51. The van der Waals surface area contributed by atoms with Gasteiger partial charge in [0.25, 0.3) is 5.65 Å². The molecule has 2 aromatic heterocycles. The van der Waals surface area contributed by atoms with Gasteiger partial charge in [-0.25, -0.2) is 9.36 Å². The SMILES string of the molecule is CC(C#N)C[n+]1c([O-])c(-c2cccc(C(F)(F)F)c2)c(=O)n2ccccc21. The molecule has 1 aromatic carbocycles. The van der Waals surface area contributed by atoms with Gasteiger partial charge in [-0.3, -0.25) is 0 Å². The zero-order valence-electron chi connectivity index (χ0n) is 14.2. The normalized spacial score (nSPS) is 12.7. The van der Waals surface area contributed by atoms with Gasteiger partial charge in [0.15, 0.2) is 0 Å². The molecule has 0 aliphatic heterocycles. The largest absolute Gasteiger partial charge is 0.842 e. The van der Waals surface area contributed by atoms with Crippen LogP contribution < -0.4 is 15.2 Å². The monoisotopic (exact) mass is 373 g/mol. The Labute approximate surface area is 152 Å². The number of pyridine rings is 1. The summed E-state index contributed by atoms with van der Waals surface area (Å²) in [5.41, 5.74) is -1.87. The molecule has 0 amide bonds. The molecular formula is C19H14F3N3O2. The van der Waals surface area contributed by atoms with Crippen molar-refractivity contribution in [1.29, 1.82) is 5.26 Å². The number of nitrogens with zero attached hydrogens (tertiary/aromatic N) is 3. The first-order valence-electron chi connectivity index (χ1n) is 8.05. The maximum atomic E-state index is 13.0. The summed E-state index contributed by atoms with van der Waals surface area (Å²) in [4.78, 5) is 12.8. The first kappa shape index (κ1) is 18.5. The van der Waals surface area contributed by atoms with Crippen LogP contribution in [0.5, 0.6) is 5.88 Å². The highest BCUT2D eigenvalue weighted by Crippen LogP contribution is 2.32. The van der Waals surface area contributed by atoms with Crippen LogP contribution in [0, 0.1) is 17.2 Å². The van der Waals surface area contributed by atoms with Crippen LogP contribution in [-0.2, 0) is 12.7 Å². The van der Waals surface area contributed by atoms with E-state index in [4.69, 9.17) is 5.26 Å². The molecule has 0 radical (unpaired) electrons. The third kappa shape index (κ3) is 3.36. The minimum absolute atomic E-state index is 0.00902. The third-order valence-electron chi connectivity index (χ3n) is 4.16.